The van der Waals surface area contributed by atoms with Crippen molar-refractivity contribution >= 4 is 47.4 Å². The average molecular weight is 547 g/mol. The highest BCUT2D eigenvalue weighted by molar-refractivity contribution is 14.0. The molecule has 0 radical (unpaired) electrons. The van der Waals surface area contributed by atoms with E-state index in [1.165, 1.54) is 6.26 Å². The van der Waals surface area contributed by atoms with E-state index in [2.05, 4.69) is 15.2 Å². The zero-order valence-electron chi connectivity index (χ0n) is 17.0. The van der Waals surface area contributed by atoms with Gasteiger partial charge >= 0.3 is 0 Å². The van der Waals surface area contributed by atoms with E-state index >= 15 is 0 Å². The lowest BCUT2D eigenvalue weighted by Crippen LogP contribution is -2.54. The lowest BCUT2D eigenvalue weighted by molar-refractivity contribution is -0.131. The Hall–Kier alpha value is -1.78. The van der Waals surface area contributed by atoms with Crippen LogP contribution >= 0.6 is 35.6 Å². The van der Waals surface area contributed by atoms with E-state index < -0.39 is 6.10 Å². The lowest BCUT2D eigenvalue weighted by atomic mass is 10.1. The van der Waals surface area contributed by atoms with Crippen LogP contribution in [0.15, 0.2) is 52.1 Å². The van der Waals surface area contributed by atoms with Crippen molar-refractivity contribution in [2.45, 2.75) is 19.4 Å². The van der Waals surface area contributed by atoms with Crippen molar-refractivity contribution < 1.29 is 14.3 Å². The van der Waals surface area contributed by atoms with Gasteiger partial charge in [-0.15, -0.1) is 24.0 Å². The number of halogens is 2. The van der Waals surface area contributed by atoms with Gasteiger partial charge in [-0.25, -0.2) is 4.99 Å². The first kappa shape index (κ1) is 24.5. The average Bonchev–Trinajstić information content (AvgIpc) is 3.26. The Morgan fingerprint density at radius 3 is 2.60 bits per heavy atom. The van der Waals surface area contributed by atoms with E-state index in [-0.39, 0.29) is 36.4 Å². The first-order valence-corrected chi connectivity index (χ1v) is 10.2. The number of aliphatic hydroxyl groups is 1. The number of hydrogen-bond donors (Lipinski definition) is 2. The van der Waals surface area contributed by atoms with Crippen molar-refractivity contribution in [3.8, 4) is 0 Å². The second kappa shape index (κ2) is 12.2. The number of piperazine rings is 1. The molecule has 1 amide bonds. The van der Waals surface area contributed by atoms with Crippen LogP contribution in [0.3, 0.4) is 0 Å². The molecule has 30 heavy (non-hydrogen) atoms. The monoisotopic (exact) mass is 546 g/mol. The van der Waals surface area contributed by atoms with Crippen LogP contribution in [0.1, 0.15) is 24.4 Å². The minimum absolute atomic E-state index is 0. The molecule has 7 nitrogen and oxygen atoms in total. The number of aliphatic imine (C=N–C) groups is 1. The minimum atomic E-state index is -0.779. The Morgan fingerprint density at radius 1 is 1.23 bits per heavy atom. The highest BCUT2D eigenvalue weighted by atomic mass is 127. The van der Waals surface area contributed by atoms with Crippen molar-refractivity contribution in [2.24, 2.45) is 4.99 Å². The molecule has 1 aliphatic rings. The summed E-state index contributed by atoms with van der Waals surface area (Å²) in [6.07, 6.45) is 1.11. The van der Waals surface area contributed by atoms with Crippen molar-refractivity contribution in [3.05, 3.63) is 59.0 Å². The Bertz CT molecular complexity index is 823. The summed E-state index contributed by atoms with van der Waals surface area (Å²) in [5.74, 6) is 1.34. The van der Waals surface area contributed by atoms with E-state index in [4.69, 9.17) is 16.0 Å². The van der Waals surface area contributed by atoms with E-state index in [0.717, 1.165) is 18.1 Å². The summed E-state index contributed by atoms with van der Waals surface area (Å²) in [5.41, 5.74) is 0.923. The van der Waals surface area contributed by atoms with E-state index in [1.807, 2.05) is 30.0 Å². The molecule has 2 heterocycles. The molecule has 2 N–H and O–H groups in total. The largest absolute Gasteiger partial charge is 0.467 e. The number of hydrogen-bond acceptors (Lipinski definition) is 4. The quantitative estimate of drug-likeness (QED) is 0.331. The van der Waals surface area contributed by atoms with Gasteiger partial charge in [0.05, 0.1) is 19.2 Å². The Morgan fingerprint density at radius 2 is 1.97 bits per heavy atom. The number of nitrogens with zero attached hydrogens (tertiary/aromatic N) is 3. The number of carbonyl (C=O) groups excluding carboxylic acids is 1. The van der Waals surface area contributed by atoms with Crippen LogP contribution in [0, 0.1) is 0 Å². The summed E-state index contributed by atoms with van der Waals surface area (Å²) in [5, 5.41) is 14.1. The molecule has 0 bridgehead atoms. The van der Waals surface area contributed by atoms with Gasteiger partial charge in [0.1, 0.15) is 11.9 Å². The van der Waals surface area contributed by atoms with Crippen LogP contribution < -0.4 is 5.32 Å². The normalized spacial score (nSPS) is 15.5. The summed E-state index contributed by atoms with van der Waals surface area (Å²) in [4.78, 5) is 21.1. The van der Waals surface area contributed by atoms with Gasteiger partial charge in [-0.3, -0.25) is 4.79 Å². The van der Waals surface area contributed by atoms with Crippen LogP contribution in [0.5, 0.6) is 0 Å². The number of guanidine groups is 1. The van der Waals surface area contributed by atoms with Crippen LogP contribution in [0.4, 0.5) is 0 Å². The maximum absolute atomic E-state index is 12.6. The van der Waals surface area contributed by atoms with Gasteiger partial charge in [0, 0.05) is 37.7 Å². The van der Waals surface area contributed by atoms with E-state index in [0.29, 0.717) is 43.4 Å². The maximum atomic E-state index is 12.6. The molecular formula is C21H28ClIN4O3. The first-order valence-electron chi connectivity index (χ1n) is 9.83. The van der Waals surface area contributed by atoms with Crippen molar-refractivity contribution in [1.82, 2.24) is 15.1 Å². The number of furan rings is 1. The fourth-order valence-corrected chi connectivity index (χ4v) is 3.48. The third-order valence-electron chi connectivity index (χ3n) is 4.80. The summed E-state index contributed by atoms with van der Waals surface area (Å²) >= 11 is 6.01. The molecule has 1 saturated heterocycles. The van der Waals surface area contributed by atoms with Crippen LogP contribution in [-0.4, -0.2) is 66.0 Å². The number of amides is 1. The molecule has 1 aromatic carbocycles. The number of carbonyl (C=O) groups is 1. The maximum Gasteiger partial charge on any atom is 0.227 e. The van der Waals surface area contributed by atoms with Gasteiger partial charge < -0.3 is 24.6 Å². The van der Waals surface area contributed by atoms with Gasteiger partial charge in [0.15, 0.2) is 5.96 Å². The third-order valence-corrected chi connectivity index (χ3v) is 5.03. The molecule has 1 aliphatic heterocycles. The van der Waals surface area contributed by atoms with Crippen LogP contribution in [-0.2, 0) is 11.2 Å². The predicted molar refractivity (Wildman–Crippen MR) is 128 cm³/mol. The lowest BCUT2D eigenvalue weighted by Gasteiger charge is -2.36. The van der Waals surface area contributed by atoms with Gasteiger partial charge in [-0.1, -0.05) is 23.7 Å². The number of nitrogens with one attached hydrogen (secondary N) is 1. The Labute approximate surface area is 199 Å². The fourth-order valence-electron chi connectivity index (χ4n) is 3.27. The first-order chi connectivity index (χ1) is 14.1. The number of benzene rings is 1. The van der Waals surface area contributed by atoms with Crippen LogP contribution in [0.2, 0.25) is 5.02 Å². The van der Waals surface area contributed by atoms with E-state index in [9.17, 15) is 9.90 Å². The molecule has 1 aromatic heterocycles. The standard InChI is InChI=1S/C21H27ClN4O3.HI/c1-2-23-21(24-15-18(27)19-7-4-12-29-19)26-10-8-25(9-11-26)20(28)14-16-5-3-6-17(22)13-16;/h3-7,12-13,18,27H,2,8-11,14-15H2,1H3,(H,23,24);1H. The SMILES string of the molecule is CCNC(=NCC(O)c1ccco1)N1CCN(C(=O)Cc2cccc(Cl)c2)CC1.I. The van der Waals surface area contributed by atoms with Gasteiger partial charge in [0.25, 0.3) is 0 Å². The van der Waals surface area contributed by atoms with Gasteiger partial charge in [-0.2, -0.15) is 0 Å². The smallest absolute Gasteiger partial charge is 0.227 e. The molecule has 1 unspecified atom stereocenters. The summed E-state index contributed by atoms with van der Waals surface area (Å²) in [7, 11) is 0. The van der Waals surface area contributed by atoms with Gasteiger partial charge in [0.2, 0.25) is 5.91 Å². The molecule has 9 heteroatoms. The predicted octanol–water partition coefficient (Wildman–Crippen LogP) is 2.94. The zero-order valence-corrected chi connectivity index (χ0v) is 20.0. The Kier molecular flexibility index (Phi) is 9.93. The second-order valence-electron chi connectivity index (χ2n) is 6.90. The molecule has 1 atom stereocenters. The fraction of sp³-hybridized carbons (Fsp3) is 0.429. The highest BCUT2D eigenvalue weighted by Crippen LogP contribution is 2.15. The summed E-state index contributed by atoms with van der Waals surface area (Å²) in [6.45, 7) is 5.57. The molecule has 3 rings (SSSR count). The second-order valence-corrected chi connectivity index (χ2v) is 7.34. The summed E-state index contributed by atoms with van der Waals surface area (Å²) in [6, 6.07) is 10.9. The molecule has 164 valence electrons. The van der Waals surface area contributed by atoms with Crippen LogP contribution in [0.25, 0.3) is 0 Å². The third kappa shape index (κ3) is 6.88. The molecule has 2 aromatic rings. The topological polar surface area (TPSA) is 81.3 Å². The summed E-state index contributed by atoms with van der Waals surface area (Å²) < 4.78 is 5.22. The van der Waals surface area contributed by atoms with Crippen molar-refractivity contribution in [2.75, 3.05) is 39.3 Å². The zero-order chi connectivity index (χ0) is 20.6. The molecular weight excluding hydrogens is 519 g/mol. The number of rotatable bonds is 6. The van der Waals surface area contributed by atoms with E-state index in [1.54, 1.807) is 18.2 Å². The van der Waals surface area contributed by atoms with Crippen molar-refractivity contribution in [1.29, 1.82) is 0 Å². The van der Waals surface area contributed by atoms with Gasteiger partial charge in [-0.05, 0) is 36.8 Å². The Balaban J connectivity index is 0.00000320. The molecule has 0 saturated carbocycles. The highest BCUT2D eigenvalue weighted by Gasteiger charge is 2.23. The van der Waals surface area contributed by atoms with Crippen molar-refractivity contribution in [3.63, 3.8) is 0 Å². The minimum Gasteiger partial charge on any atom is -0.467 e. The molecule has 0 spiro atoms. The molecule has 0 aliphatic carbocycles. The molecule has 1 fully saturated rings. The number of aliphatic hydroxyl groups excluding tert-OH is 1.